The smallest absolute Gasteiger partial charge is 0.122 e. The minimum absolute atomic E-state index is 0. The Kier molecular flexibility index (Phi) is 6.00. The van der Waals surface area contributed by atoms with Crippen molar-refractivity contribution in [2.24, 2.45) is 11.7 Å². The van der Waals surface area contributed by atoms with Crippen LogP contribution in [-0.4, -0.2) is 37.7 Å². The van der Waals surface area contributed by atoms with E-state index in [1.54, 1.807) is 0 Å². The molecule has 2 aromatic rings. The van der Waals surface area contributed by atoms with Gasteiger partial charge < -0.3 is 15.4 Å². The summed E-state index contributed by atoms with van der Waals surface area (Å²) in [6.07, 6.45) is 2.16. The van der Waals surface area contributed by atoms with Crippen molar-refractivity contribution in [1.82, 2.24) is 4.90 Å². The van der Waals surface area contributed by atoms with Crippen molar-refractivity contribution in [3.8, 4) is 5.75 Å². The van der Waals surface area contributed by atoms with Crippen LogP contribution in [0.25, 0.3) is 0 Å². The van der Waals surface area contributed by atoms with Crippen molar-refractivity contribution in [3.63, 3.8) is 0 Å². The number of hydrogen-bond acceptors (Lipinski definition) is 3. The Morgan fingerprint density at radius 3 is 2.72 bits per heavy atom. The molecule has 2 aromatic carbocycles. The van der Waals surface area contributed by atoms with Gasteiger partial charge >= 0.3 is 0 Å². The summed E-state index contributed by atoms with van der Waals surface area (Å²) in [5, 5.41) is 0. The zero-order valence-corrected chi connectivity index (χ0v) is 15.4. The molecule has 2 N–H and O–H groups in total. The normalized spacial score (nSPS) is 22.3. The first-order valence-corrected chi connectivity index (χ1v) is 9.05. The lowest BCUT2D eigenvalue weighted by atomic mass is 9.89. The van der Waals surface area contributed by atoms with E-state index < -0.39 is 0 Å². The Balaban J connectivity index is 0.00000182. The van der Waals surface area contributed by atoms with Crippen LogP contribution in [0.1, 0.15) is 22.6 Å². The Morgan fingerprint density at radius 1 is 1.08 bits per heavy atom. The molecule has 2 aliphatic rings. The summed E-state index contributed by atoms with van der Waals surface area (Å²) in [5.74, 6) is 2.22. The highest BCUT2D eigenvalue weighted by atomic mass is 35.5. The number of nitrogens with two attached hydrogens (primary N) is 1. The maximum absolute atomic E-state index is 6.05. The van der Waals surface area contributed by atoms with Gasteiger partial charge in [0.2, 0.25) is 0 Å². The first kappa shape index (κ1) is 18.2. The quantitative estimate of drug-likeness (QED) is 0.891. The Hall–Kier alpha value is -1.55. The van der Waals surface area contributed by atoms with Gasteiger partial charge in [0, 0.05) is 32.0 Å². The van der Waals surface area contributed by atoms with Gasteiger partial charge in [0.1, 0.15) is 5.75 Å². The Morgan fingerprint density at radius 2 is 1.92 bits per heavy atom. The van der Waals surface area contributed by atoms with Gasteiger partial charge in [-0.1, -0.05) is 42.5 Å². The van der Waals surface area contributed by atoms with Crippen LogP contribution < -0.4 is 10.5 Å². The molecule has 3 nitrogen and oxygen atoms in total. The first-order chi connectivity index (χ1) is 11.8. The molecule has 0 bridgehead atoms. The fraction of sp³-hybridized carbons (Fsp3) is 0.429. The third-order valence-electron chi connectivity index (χ3n) is 5.52. The molecule has 1 fully saturated rings. The molecule has 0 saturated carbocycles. The van der Waals surface area contributed by atoms with E-state index in [-0.39, 0.29) is 12.4 Å². The molecule has 2 atom stereocenters. The Labute approximate surface area is 156 Å². The number of hydrogen-bond donors (Lipinski definition) is 1. The number of ether oxygens (including phenoxy) is 1. The molecule has 25 heavy (non-hydrogen) atoms. The minimum Gasteiger partial charge on any atom is -0.493 e. The maximum atomic E-state index is 6.05. The van der Waals surface area contributed by atoms with Gasteiger partial charge in [-0.15, -0.1) is 12.4 Å². The summed E-state index contributed by atoms with van der Waals surface area (Å²) >= 11 is 0. The summed E-state index contributed by atoms with van der Waals surface area (Å²) < 4.78 is 5.60. The van der Waals surface area contributed by atoms with Crippen LogP contribution >= 0.6 is 12.4 Å². The molecule has 0 aliphatic carbocycles. The van der Waals surface area contributed by atoms with Crippen molar-refractivity contribution < 1.29 is 4.74 Å². The van der Waals surface area contributed by atoms with Gasteiger partial charge in [0.15, 0.2) is 0 Å². The number of likely N-dealkylation sites (tertiary alicyclic amines) is 1. The molecule has 0 unspecified atom stereocenters. The molecule has 0 spiro atoms. The summed E-state index contributed by atoms with van der Waals surface area (Å²) in [6, 6.07) is 17.5. The second-order valence-corrected chi connectivity index (χ2v) is 7.06. The SMILES string of the molecule is Cl.NC[C@@H]1CN(CCc2ccc3c(c2)CCO3)C[C@H]1c1ccccc1. The lowest BCUT2D eigenvalue weighted by molar-refractivity contribution is 0.328. The molecule has 0 aromatic heterocycles. The number of benzene rings is 2. The fourth-order valence-corrected chi connectivity index (χ4v) is 4.14. The highest BCUT2D eigenvalue weighted by molar-refractivity contribution is 5.85. The van der Waals surface area contributed by atoms with Crippen molar-refractivity contribution in [3.05, 3.63) is 65.2 Å². The highest BCUT2D eigenvalue weighted by Gasteiger charge is 2.32. The van der Waals surface area contributed by atoms with E-state index in [2.05, 4.69) is 53.4 Å². The van der Waals surface area contributed by atoms with Crippen molar-refractivity contribution >= 4 is 12.4 Å². The van der Waals surface area contributed by atoms with Gasteiger partial charge in [0.05, 0.1) is 6.61 Å². The third kappa shape index (κ3) is 4.00. The molecule has 0 amide bonds. The van der Waals surface area contributed by atoms with Crippen molar-refractivity contribution in [2.45, 2.75) is 18.8 Å². The van der Waals surface area contributed by atoms with Gasteiger partial charge in [-0.2, -0.15) is 0 Å². The van der Waals surface area contributed by atoms with E-state index in [0.717, 1.165) is 51.4 Å². The number of halogens is 1. The average molecular weight is 359 g/mol. The van der Waals surface area contributed by atoms with Crippen LogP contribution in [0.2, 0.25) is 0 Å². The summed E-state index contributed by atoms with van der Waals surface area (Å²) in [5.41, 5.74) is 10.3. The number of rotatable bonds is 5. The van der Waals surface area contributed by atoms with Gasteiger partial charge in [-0.05, 0) is 41.6 Å². The van der Waals surface area contributed by atoms with E-state index in [1.807, 2.05) is 0 Å². The molecular formula is C21H27ClN2O. The second-order valence-electron chi connectivity index (χ2n) is 7.06. The lowest BCUT2D eigenvalue weighted by Crippen LogP contribution is -2.25. The molecule has 2 aliphatic heterocycles. The molecule has 0 radical (unpaired) electrons. The monoisotopic (exact) mass is 358 g/mol. The predicted octanol–water partition coefficient (Wildman–Crippen LogP) is 3.26. The largest absolute Gasteiger partial charge is 0.493 e. The van der Waals surface area contributed by atoms with Gasteiger partial charge in [0.25, 0.3) is 0 Å². The molecule has 134 valence electrons. The molecular weight excluding hydrogens is 332 g/mol. The standard InChI is InChI=1S/C21H26N2O.ClH/c22-13-19-14-23(15-20(19)17-4-2-1-3-5-17)10-8-16-6-7-21-18(12-16)9-11-24-21;/h1-7,12,19-20H,8-11,13-15,22H2;1H/t19-,20+;/m1./s1. The summed E-state index contributed by atoms with van der Waals surface area (Å²) in [4.78, 5) is 2.58. The van der Waals surface area contributed by atoms with Crippen LogP contribution in [-0.2, 0) is 12.8 Å². The second kappa shape index (κ2) is 8.22. The summed E-state index contributed by atoms with van der Waals surface area (Å²) in [7, 11) is 0. The fourth-order valence-electron chi connectivity index (χ4n) is 4.14. The molecule has 4 heteroatoms. The van der Waals surface area contributed by atoms with Gasteiger partial charge in [-0.3, -0.25) is 0 Å². The maximum Gasteiger partial charge on any atom is 0.122 e. The molecule has 2 heterocycles. The molecule has 1 saturated heterocycles. The van der Waals surface area contributed by atoms with E-state index in [0.29, 0.717) is 11.8 Å². The third-order valence-corrected chi connectivity index (χ3v) is 5.52. The molecule has 4 rings (SSSR count). The van der Waals surface area contributed by atoms with Crippen LogP contribution in [0.15, 0.2) is 48.5 Å². The van der Waals surface area contributed by atoms with Crippen LogP contribution in [0.3, 0.4) is 0 Å². The van der Waals surface area contributed by atoms with E-state index in [4.69, 9.17) is 10.5 Å². The minimum atomic E-state index is 0. The van der Waals surface area contributed by atoms with Crippen LogP contribution in [0.4, 0.5) is 0 Å². The summed E-state index contributed by atoms with van der Waals surface area (Å²) in [6.45, 7) is 4.96. The Bertz CT molecular complexity index is 692. The van der Waals surface area contributed by atoms with Crippen LogP contribution in [0.5, 0.6) is 5.75 Å². The van der Waals surface area contributed by atoms with Crippen molar-refractivity contribution in [1.29, 1.82) is 0 Å². The van der Waals surface area contributed by atoms with Crippen LogP contribution in [0, 0.1) is 5.92 Å². The topological polar surface area (TPSA) is 38.5 Å². The zero-order valence-electron chi connectivity index (χ0n) is 14.6. The number of fused-ring (bicyclic) bond motifs is 1. The van der Waals surface area contributed by atoms with E-state index in [1.165, 1.54) is 16.7 Å². The lowest BCUT2D eigenvalue weighted by Gasteiger charge is -2.17. The number of nitrogens with zero attached hydrogens (tertiary/aromatic N) is 1. The predicted molar refractivity (Wildman–Crippen MR) is 105 cm³/mol. The van der Waals surface area contributed by atoms with Crippen molar-refractivity contribution in [2.75, 3.05) is 32.8 Å². The van der Waals surface area contributed by atoms with Gasteiger partial charge in [-0.25, -0.2) is 0 Å². The van der Waals surface area contributed by atoms with E-state index >= 15 is 0 Å². The first-order valence-electron chi connectivity index (χ1n) is 9.05. The zero-order chi connectivity index (χ0) is 16.4. The average Bonchev–Trinajstić information content (AvgIpc) is 3.26. The van der Waals surface area contributed by atoms with E-state index in [9.17, 15) is 0 Å². The highest BCUT2D eigenvalue weighted by Crippen LogP contribution is 2.32.